The smallest absolute Gasteiger partial charge is 0.207 e. The first-order valence-corrected chi connectivity index (χ1v) is 9.80. The van der Waals surface area contributed by atoms with Crippen molar-refractivity contribution in [1.29, 1.82) is 0 Å². The lowest BCUT2D eigenvalue weighted by atomic mass is 9.96. The van der Waals surface area contributed by atoms with Gasteiger partial charge in [-0.1, -0.05) is 66.7 Å². The van der Waals surface area contributed by atoms with E-state index in [1.165, 1.54) is 0 Å². The molecule has 4 aromatic rings. The molecule has 0 heterocycles. The van der Waals surface area contributed by atoms with Crippen molar-refractivity contribution in [3.63, 3.8) is 0 Å². The molecule has 0 saturated heterocycles. The van der Waals surface area contributed by atoms with Crippen LogP contribution >= 0.6 is 10.7 Å². The highest BCUT2D eigenvalue weighted by atomic mass is 35.7. The van der Waals surface area contributed by atoms with E-state index < -0.39 is 9.05 Å². The van der Waals surface area contributed by atoms with Gasteiger partial charge in [0.2, 0.25) is 0 Å². The van der Waals surface area contributed by atoms with Crippen LogP contribution in [-0.2, 0) is 9.05 Å². The molecule has 2 nitrogen and oxygen atoms in total. The molecule has 24 heavy (non-hydrogen) atoms. The third-order valence-electron chi connectivity index (χ3n) is 4.19. The van der Waals surface area contributed by atoms with Crippen molar-refractivity contribution in [2.45, 2.75) is 4.90 Å². The van der Waals surface area contributed by atoms with E-state index >= 15 is 0 Å². The van der Waals surface area contributed by atoms with Gasteiger partial charge < -0.3 is 0 Å². The second kappa shape index (κ2) is 5.62. The molecule has 4 rings (SSSR count). The Morgan fingerprint density at radius 2 is 1.29 bits per heavy atom. The predicted octanol–water partition coefficient (Wildman–Crippen LogP) is 5.59. The Balaban J connectivity index is 2.13. The summed E-state index contributed by atoms with van der Waals surface area (Å²) in [5.74, 6) is 0. The first-order valence-electron chi connectivity index (χ1n) is 7.50. The van der Waals surface area contributed by atoms with Gasteiger partial charge in [-0.15, -0.1) is 0 Å². The molecular formula is C20H13ClO2S. The molecule has 0 aromatic heterocycles. The van der Waals surface area contributed by atoms with Crippen LogP contribution in [0.25, 0.3) is 32.7 Å². The second-order valence-corrected chi connectivity index (χ2v) is 8.19. The summed E-state index contributed by atoms with van der Waals surface area (Å²) >= 11 is 0. The van der Waals surface area contributed by atoms with Crippen LogP contribution in [0.1, 0.15) is 0 Å². The molecule has 4 aromatic carbocycles. The zero-order chi connectivity index (χ0) is 16.7. The second-order valence-electron chi connectivity index (χ2n) is 5.66. The molecule has 0 spiro atoms. The first-order chi connectivity index (χ1) is 11.5. The Labute approximate surface area is 144 Å². The van der Waals surface area contributed by atoms with E-state index in [4.69, 9.17) is 10.7 Å². The van der Waals surface area contributed by atoms with Crippen LogP contribution in [0.4, 0.5) is 0 Å². The van der Waals surface area contributed by atoms with Gasteiger partial charge in [0.25, 0.3) is 9.05 Å². The highest BCUT2D eigenvalue weighted by Gasteiger charge is 2.19. The van der Waals surface area contributed by atoms with Gasteiger partial charge in [0, 0.05) is 16.2 Å². The van der Waals surface area contributed by atoms with Crippen LogP contribution in [0.2, 0.25) is 0 Å². The third-order valence-corrected chi connectivity index (χ3v) is 5.56. The predicted molar refractivity (Wildman–Crippen MR) is 99.9 cm³/mol. The molecule has 0 atom stereocenters. The Bertz CT molecular complexity index is 1180. The van der Waals surface area contributed by atoms with Gasteiger partial charge in [-0.2, -0.15) is 0 Å². The van der Waals surface area contributed by atoms with Crippen molar-refractivity contribution < 1.29 is 8.42 Å². The third kappa shape index (κ3) is 2.56. The lowest BCUT2D eigenvalue weighted by Crippen LogP contribution is -1.96. The van der Waals surface area contributed by atoms with Gasteiger partial charge in [0.15, 0.2) is 0 Å². The summed E-state index contributed by atoms with van der Waals surface area (Å²) in [6.07, 6.45) is 0. The van der Waals surface area contributed by atoms with Crippen molar-refractivity contribution in [3.8, 4) is 11.1 Å². The molecule has 0 fully saturated rings. The van der Waals surface area contributed by atoms with Crippen LogP contribution in [0.3, 0.4) is 0 Å². The van der Waals surface area contributed by atoms with Gasteiger partial charge in [-0.25, -0.2) is 8.42 Å². The quantitative estimate of drug-likeness (QED) is 0.441. The lowest BCUT2D eigenvalue weighted by Gasteiger charge is -2.12. The van der Waals surface area contributed by atoms with Gasteiger partial charge in [-0.05, 0) is 39.2 Å². The lowest BCUT2D eigenvalue weighted by molar-refractivity contribution is 0.610. The fourth-order valence-corrected chi connectivity index (χ4v) is 4.19. The maximum Gasteiger partial charge on any atom is 0.261 e. The number of hydrogen-bond acceptors (Lipinski definition) is 2. The van der Waals surface area contributed by atoms with Crippen LogP contribution in [-0.4, -0.2) is 8.42 Å². The molecule has 0 amide bonds. The molecule has 118 valence electrons. The summed E-state index contributed by atoms with van der Waals surface area (Å²) in [5.41, 5.74) is 1.48. The number of hydrogen-bond donors (Lipinski definition) is 0. The van der Waals surface area contributed by atoms with E-state index in [-0.39, 0.29) is 4.90 Å². The fraction of sp³-hybridized carbons (Fsp3) is 0. The molecular weight excluding hydrogens is 340 g/mol. The first kappa shape index (κ1) is 15.2. The molecule has 0 saturated carbocycles. The largest absolute Gasteiger partial charge is 0.261 e. The van der Waals surface area contributed by atoms with Crippen LogP contribution in [0.5, 0.6) is 0 Å². The van der Waals surface area contributed by atoms with E-state index in [0.717, 1.165) is 27.1 Å². The van der Waals surface area contributed by atoms with E-state index in [1.54, 1.807) is 12.1 Å². The van der Waals surface area contributed by atoms with E-state index in [2.05, 4.69) is 0 Å². The standard InChI is InChI=1S/C20H13ClO2S/c21-24(22,23)19-12-11-15-6-3-4-8-18(15)20(19)17-10-9-14-5-1-2-7-16(14)13-17/h1-13H. The molecule has 0 aliphatic heterocycles. The monoisotopic (exact) mass is 352 g/mol. The molecule has 0 N–H and O–H groups in total. The molecule has 4 heteroatoms. The molecule has 0 bridgehead atoms. The summed E-state index contributed by atoms with van der Waals surface area (Å²) in [6.45, 7) is 0. The van der Waals surface area contributed by atoms with E-state index in [0.29, 0.717) is 5.56 Å². The molecule has 0 radical (unpaired) electrons. The Hall–Kier alpha value is -2.36. The van der Waals surface area contributed by atoms with Crippen molar-refractivity contribution in [3.05, 3.63) is 78.9 Å². The zero-order valence-corrected chi connectivity index (χ0v) is 14.2. The van der Waals surface area contributed by atoms with E-state index in [9.17, 15) is 8.42 Å². The minimum Gasteiger partial charge on any atom is -0.207 e. The summed E-state index contributed by atoms with van der Waals surface area (Å²) in [4.78, 5) is 0.137. The number of benzene rings is 4. The summed E-state index contributed by atoms with van der Waals surface area (Å²) < 4.78 is 24.2. The van der Waals surface area contributed by atoms with Gasteiger partial charge in [0.05, 0.1) is 4.90 Å². The average Bonchev–Trinajstić information content (AvgIpc) is 2.59. The summed E-state index contributed by atoms with van der Waals surface area (Å²) in [5, 5.41) is 4.01. The average molecular weight is 353 g/mol. The normalized spacial score (nSPS) is 11.9. The van der Waals surface area contributed by atoms with Crippen LogP contribution < -0.4 is 0 Å². The molecule has 0 aliphatic rings. The maximum absolute atomic E-state index is 12.1. The van der Waals surface area contributed by atoms with Gasteiger partial charge in [0.1, 0.15) is 0 Å². The SMILES string of the molecule is O=S(=O)(Cl)c1ccc2ccccc2c1-c1ccc2ccccc2c1. The van der Waals surface area contributed by atoms with Gasteiger partial charge >= 0.3 is 0 Å². The minimum atomic E-state index is -3.85. The minimum absolute atomic E-state index is 0.137. The number of halogens is 1. The Morgan fingerprint density at radius 1 is 0.667 bits per heavy atom. The van der Waals surface area contributed by atoms with Crippen LogP contribution in [0.15, 0.2) is 83.8 Å². The summed E-state index contributed by atoms with van der Waals surface area (Å²) in [7, 11) is 1.85. The Kier molecular flexibility index (Phi) is 3.56. The highest BCUT2D eigenvalue weighted by Crippen LogP contribution is 2.37. The summed E-state index contributed by atoms with van der Waals surface area (Å²) in [6, 6.07) is 25.0. The van der Waals surface area contributed by atoms with Crippen molar-refractivity contribution in [2.24, 2.45) is 0 Å². The van der Waals surface area contributed by atoms with Crippen molar-refractivity contribution in [2.75, 3.05) is 0 Å². The number of fused-ring (bicyclic) bond motifs is 2. The van der Waals surface area contributed by atoms with Crippen LogP contribution in [0, 0.1) is 0 Å². The maximum atomic E-state index is 12.1. The van der Waals surface area contributed by atoms with Crippen molar-refractivity contribution in [1.82, 2.24) is 0 Å². The zero-order valence-electron chi connectivity index (χ0n) is 12.6. The van der Waals surface area contributed by atoms with Gasteiger partial charge in [-0.3, -0.25) is 0 Å². The topological polar surface area (TPSA) is 34.1 Å². The van der Waals surface area contributed by atoms with E-state index in [1.807, 2.05) is 66.7 Å². The number of rotatable bonds is 2. The highest BCUT2D eigenvalue weighted by molar-refractivity contribution is 8.13. The Morgan fingerprint density at radius 3 is 2.04 bits per heavy atom. The molecule has 0 aliphatic carbocycles. The fourth-order valence-electron chi connectivity index (χ4n) is 3.10. The van der Waals surface area contributed by atoms with Crippen molar-refractivity contribution >= 4 is 41.3 Å². The molecule has 0 unspecified atom stereocenters.